The van der Waals surface area contributed by atoms with E-state index in [-0.39, 0.29) is 0 Å². The first-order chi connectivity index (χ1) is 29.2. The van der Waals surface area contributed by atoms with E-state index in [1.807, 2.05) is 0 Å². The molecule has 0 saturated heterocycles. The molecule has 0 spiro atoms. The number of hydrogen-bond acceptors (Lipinski definition) is 1. The fraction of sp³-hybridized carbons (Fsp3) is 0.0175. The van der Waals surface area contributed by atoms with Crippen LogP contribution in [0.15, 0.2) is 218 Å². The number of anilines is 3. The molecule has 2 nitrogen and oxygen atoms in total. The van der Waals surface area contributed by atoms with Crippen molar-refractivity contribution >= 4 is 60.4 Å². The molecule has 12 rings (SSSR count). The van der Waals surface area contributed by atoms with Gasteiger partial charge in [0.15, 0.2) is 0 Å². The van der Waals surface area contributed by atoms with Crippen molar-refractivity contribution in [3.8, 4) is 39.1 Å². The number of para-hydroxylation sites is 2. The second kappa shape index (κ2) is 13.5. The van der Waals surface area contributed by atoms with Gasteiger partial charge in [-0.2, -0.15) is 0 Å². The quantitative estimate of drug-likeness (QED) is 0.154. The molecule has 0 atom stereocenters. The van der Waals surface area contributed by atoms with Crippen LogP contribution in [0.3, 0.4) is 0 Å². The van der Waals surface area contributed by atoms with Gasteiger partial charge in [-0.3, -0.25) is 0 Å². The summed E-state index contributed by atoms with van der Waals surface area (Å²) in [7, 11) is 0. The summed E-state index contributed by atoms with van der Waals surface area (Å²) in [5, 5.41) is 7.57. The van der Waals surface area contributed by atoms with Crippen molar-refractivity contribution in [2.45, 2.75) is 6.42 Å². The monoisotopic (exact) mass is 750 g/mol. The van der Waals surface area contributed by atoms with Gasteiger partial charge in [0.25, 0.3) is 0 Å². The van der Waals surface area contributed by atoms with E-state index in [0.29, 0.717) is 0 Å². The zero-order valence-electron chi connectivity index (χ0n) is 32.4. The van der Waals surface area contributed by atoms with E-state index in [2.05, 4.69) is 228 Å². The first-order valence-electron chi connectivity index (χ1n) is 20.5. The van der Waals surface area contributed by atoms with Gasteiger partial charge in [0.05, 0.1) is 11.0 Å². The Kier molecular flexibility index (Phi) is 7.64. The molecule has 1 aromatic heterocycles. The average molecular weight is 751 g/mol. The first kappa shape index (κ1) is 33.5. The number of hydrogen-bond donors (Lipinski definition) is 0. The van der Waals surface area contributed by atoms with Crippen LogP contribution in [-0.2, 0) is 6.42 Å². The highest BCUT2D eigenvalue weighted by atomic mass is 15.1. The van der Waals surface area contributed by atoms with Crippen molar-refractivity contribution in [3.63, 3.8) is 0 Å². The summed E-state index contributed by atoms with van der Waals surface area (Å²) in [5.41, 5.74) is 17.4. The predicted molar refractivity (Wildman–Crippen MR) is 250 cm³/mol. The van der Waals surface area contributed by atoms with E-state index >= 15 is 0 Å². The highest BCUT2D eigenvalue weighted by Crippen LogP contribution is 2.42. The Morgan fingerprint density at radius 1 is 0.322 bits per heavy atom. The number of nitrogens with zero attached hydrogens (tertiary/aromatic N) is 2. The summed E-state index contributed by atoms with van der Waals surface area (Å²) in [4.78, 5) is 2.35. The van der Waals surface area contributed by atoms with Gasteiger partial charge in [0.2, 0.25) is 0 Å². The molecule has 59 heavy (non-hydrogen) atoms. The minimum absolute atomic E-state index is 0.979. The fourth-order valence-electron chi connectivity index (χ4n) is 9.55. The molecule has 0 aliphatic heterocycles. The maximum absolute atomic E-state index is 2.44. The Labute approximate surface area is 343 Å². The van der Waals surface area contributed by atoms with Crippen LogP contribution in [0.25, 0.3) is 82.4 Å². The highest BCUT2D eigenvalue weighted by Gasteiger charge is 2.20. The summed E-state index contributed by atoms with van der Waals surface area (Å²) < 4.78 is 2.44. The van der Waals surface area contributed by atoms with Crippen molar-refractivity contribution in [2.75, 3.05) is 4.90 Å². The largest absolute Gasteiger partial charge is 0.310 e. The van der Waals surface area contributed by atoms with Crippen LogP contribution in [0.4, 0.5) is 17.1 Å². The minimum atomic E-state index is 0.979. The number of fused-ring (bicyclic) bond motifs is 9. The van der Waals surface area contributed by atoms with Gasteiger partial charge in [-0.05, 0) is 145 Å². The Hall–Kier alpha value is -7.68. The Morgan fingerprint density at radius 2 is 0.966 bits per heavy atom. The third kappa shape index (κ3) is 5.56. The first-order valence-corrected chi connectivity index (χ1v) is 20.5. The van der Waals surface area contributed by atoms with Crippen LogP contribution in [-0.4, -0.2) is 4.57 Å². The summed E-state index contributed by atoms with van der Waals surface area (Å²) in [6.07, 6.45) is 0.979. The maximum atomic E-state index is 2.44. The second-order valence-corrected chi connectivity index (χ2v) is 15.8. The van der Waals surface area contributed by atoms with Gasteiger partial charge in [0.1, 0.15) is 0 Å². The topological polar surface area (TPSA) is 8.17 Å². The predicted octanol–water partition coefficient (Wildman–Crippen LogP) is 15.5. The van der Waals surface area contributed by atoms with Crippen molar-refractivity contribution in [3.05, 3.63) is 230 Å². The Bertz CT molecular complexity index is 3410. The second-order valence-electron chi connectivity index (χ2n) is 15.8. The third-order valence-electron chi connectivity index (χ3n) is 12.4. The molecule has 0 amide bonds. The summed E-state index contributed by atoms with van der Waals surface area (Å²) >= 11 is 0. The van der Waals surface area contributed by atoms with Crippen molar-refractivity contribution in [1.29, 1.82) is 0 Å². The normalized spacial score (nSPS) is 12.0. The van der Waals surface area contributed by atoms with Crippen LogP contribution in [0, 0.1) is 0 Å². The van der Waals surface area contributed by atoms with Gasteiger partial charge in [0, 0.05) is 33.5 Å². The summed E-state index contributed by atoms with van der Waals surface area (Å²) in [6.45, 7) is 0. The zero-order valence-corrected chi connectivity index (χ0v) is 32.4. The van der Waals surface area contributed by atoms with E-state index < -0.39 is 0 Å². The van der Waals surface area contributed by atoms with Gasteiger partial charge < -0.3 is 9.47 Å². The van der Waals surface area contributed by atoms with Crippen LogP contribution >= 0.6 is 0 Å². The van der Waals surface area contributed by atoms with Gasteiger partial charge >= 0.3 is 0 Å². The van der Waals surface area contributed by atoms with Crippen LogP contribution in [0.2, 0.25) is 0 Å². The van der Waals surface area contributed by atoms with Gasteiger partial charge in [-0.25, -0.2) is 0 Å². The molecule has 1 aliphatic carbocycles. The molecule has 276 valence electrons. The summed E-state index contributed by atoms with van der Waals surface area (Å²) in [5.74, 6) is 0. The SMILES string of the molecule is c1ccc(N(c2ccc(-c3cccc(-c4ccc5c(c4)c4ccccc4n5-c4ccc5c(c4)Cc4ccccc4-5)c3)cc2)c2ccc3c(ccc4ccccc43)c2)cc1. The zero-order chi connectivity index (χ0) is 38.9. The Balaban J connectivity index is 0.891. The van der Waals surface area contributed by atoms with Crippen LogP contribution in [0.1, 0.15) is 11.1 Å². The van der Waals surface area contributed by atoms with Crippen molar-refractivity contribution in [2.24, 2.45) is 0 Å². The lowest BCUT2D eigenvalue weighted by molar-refractivity contribution is 1.16. The molecule has 0 saturated carbocycles. The summed E-state index contributed by atoms with van der Waals surface area (Å²) in [6, 6.07) is 80.1. The molecule has 0 fully saturated rings. The molecular formula is C57H38N2. The molecule has 0 radical (unpaired) electrons. The molecule has 10 aromatic carbocycles. The number of aromatic nitrogens is 1. The maximum Gasteiger partial charge on any atom is 0.0541 e. The molecule has 1 aliphatic rings. The van der Waals surface area contributed by atoms with Crippen molar-refractivity contribution in [1.82, 2.24) is 4.57 Å². The van der Waals surface area contributed by atoms with Crippen molar-refractivity contribution < 1.29 is 0 Å². The highest BCUT2D eigenvalue weighted by molar-refractivity contribution is 6.11. The fourth-order valence-corrected chi connectivity index (χ4v) is 9.55. The van der Waals surface area contributed by atoms with E-state index in [1.54, 1.807) is 0 Å². The van der Waals surface area contributed by atoms with Crippen LogP contribution < -0.4 is 4.90 Å². The van der Waals surface area contributed by atoms with E-state index in [1.165, 1.54) is 93.5 Å². The lowest BCUT2D eigenvalue weighted by Gasteiger charge is -2.26. The van der Waals surface area contributed by atoms with Crippen LogP contribution in [0.5, 0.6) is 0 Å². The number of benzene rings is 10. The smallest absolute Gasteiger partial charge is 0.0541 e. The lowest BCUT2D eigenvalue weighted by atomic mass is 9.97. The molecule has 2 heteroatoms. The standard InChI is InChI=1S/C57H38N2/c1-2-15-46(16-3-1)58(48-28-30-52-44(35-48)22-21-39-11-4-6-17-50(39)52)47-26-23-38(24-27-47)40-13-10-14-41(33-40)42-25-32-57-55(37-42)54-19-8-9-20-56(54)59(57)49-29-31-53-45(36-49)34-43-12-5-7-18-51(43)53/h1-33,35-37H,34H2. The Morgan fingerprint density at radius 3 is 1.86 bits per heavy atom. The molecule has 0 unspecified atom stereocenters. The number of rotatable bonds is 6. The third-order valence-corrected chi connectivity index (χ3v) is 12.4. The molecule has 1 heterocycles. The van der Waals surface area contributed by atoms with E-state index in [9.17, 15) is 0 Å². The minimum Gasteiger partial charge on any atom is -0.310 e. The molecular weight excluding hydrogens is 713 g/mol. The van der Waals surface area contributed by atoms with Gasteiger partial charge in [-0.1, -0.05) is 146 Å². The van der Waals surface area contributed by atoms with E-state index in [0.717, 1.165) is 23.5 Å². The molecule has 0 bridgehead atoms. The molecule has 0 N–H and O–H groups in total. The van der Waals surface area contributed by atoms with Gasteiger partial charge in [-0.15, -0.1) is 0 Å². The average Bonchev–Trinajstić information content (AvgIpc) is 3.84. The van der Waals surface area contributed by atoms with E-state index in [4.69, 9.17) is 0 Å². The lowest BCUT2D eigenvalue weighted by Crippen LogP contribution is -2.09. The molecule has 11 aromatic rings.